The summed E-state index contributed by atoms with van der Waals surface area (Å²) >= 11 is 0. The van der Waals surface area contributed by atoms with Crippen molar-refractivity contribution in [3.8, 4) is 6.07 Å². The molecule has 0 spiro atoms. The summed E-state index contributed by atoms with van der Waals surface area (Å²) in [5, 5.41) is 9.36. The number of hydrogen-bond donors (Lipinski definition) is 1. The summed E-state index contributed by atoms with van der Waals surface area (Å²) in [6.07, 6.45) is 0. The van der Waals surface area contributed by atoms with E-state index in [4.69, 9.17) is 5.73 Å². The molecule has 0 bridgehead atoms. The van der Waals surface area contributed by atoms with Crippen molar-refractivity contribution in [3.05, 3.63) is 70.8 Å². The van der Waals surface area contributed by atoms with Gasteiger partial charge in [-0.15, -0.1) is 0 Å². The zero-order chi connectivity index (χ0) is 13.8. The minimum atomic E-state index is 0.519. The number of allylic oxidation sites excluding steroid dienone is 1. The first-order valence-corrected chi connectivity index (χ1v) is 6.16. The van der Waals surface area contributed by atoms with Crippen molar-refractivity contribution in [3.63, 3.8) is 0 Å². The molecule has 0 fully saturated rings. The standard InChI is InChI=1S/C17H16N2/c1-12-8-13(2)10-15(9-12)17(19)16(11-18)14-6-4-3-5-7-14/h3-10H,19H2,1-2H3/b17-16+. The van der Waals surface area contributed by atoms with Crippen molar-refractivity contribution in [2.75, 3.05) is 0 Å². The van der Waals surface area contributed by atoms with Gasteiger partial charge in [0.05, 0.1) is 11.3 Å². The van der Waals surface area contributed by atoms with Gasteiger partial charge in [0.2, 0.25) is 0 Å². The molecule has 2 nitrogen and oxygen atoms in total. The summed E-state index contributed by atoms with van der Waals surface area (Å²) in [5.74, 6) is 0. The van der Waals surface area contributed by atoms with Crippen LogP contribution >= 0.6 is 0 Å². The molecule has 0 unspecified atom stereocenters. The van der Waals surface area contributed by atoms with E-state index in [1.165, 1.54) is 0 Å². The fourth-order valence-corrected chi connectivity index (χ4v) is 2.16. The molecular weight excluding hydrogens is 232 g/mol. The molecule has 2 aromatic carbocycles. The lowest BCUT2D eigenvalue weighted by molar-refractivity contribution is 1.35. The maximum absolute atomic E-state index is 9.36. The Morgan fingerprint density at radius 1 is 0.947 bits per heavy atom. The third kappa shape index (κ3) is 2.83. The number of benzene rings is 2. The highest BCUT2D eigenvalue weighted by atomic mass is 14.6. The first kappa shape index (κ1) is 12.9. The Bertz CT molecular complexity index is 641. The monoisotopic (exact) mass is 248 g/mol. The molecule has 0 aliphatic carbocycles. The molecule has 2 aromatic rings. The van der Waals surface area contributed by atoms with Crippen molar-refractivity contribution in [1.82, 2.24) is 0 Å². The lowest BCUT2D eigenvalue weighted by Crippen LogP contribution is -2.01. The van der Waals surface area contributed by atoms with E-state index in [1.54, 1.807) is 0 Å². The van der Waals surface area contributed by atoms with Crippen LogP contribution in [0.5, 0.6) is 0 Å². The van der Waals surface area contributed by atoms with Gasteiger partial charge in [-0.25, -0.2) is 0 Å². The fourth-order valence-electron chi connectivity index (χ4n) is 2.16. The van der Waals surface area contributed by atoms with Crippen molar-refractivity contribution >= 4 is 11.3 Å². The van der Waals surface area contributed by atoms with E-state index >= 15 is 0 Å². The largest absolute Gasteiger partial charge is 0.397 e. The molecule has 19 heavy (non-hydrogen) atoms. The second kappa shape index (κ2) is 5.41. The third-order valence-corrected chi connectivity index (χ3v) is 2.98. The Balaban J connectivity index is 2.59. The van der Waals surface area contributed by atoms with E-state index < -0.39 is 0 Å². The highest BCUT2D eigenvalue weighted by Gasteiger charge is 2.08. The maximum atomic E-state index is 9.36. The normalized spacial score (nSPS) is 11.6. The number of nitriles is 1. The van der Waals surface area contributed by atoms with Gasteiger partial charge in [0.15, 0.2) is 0 Å². The minimum Gasteiger partial charge on any atom is -0.397 e. The fraction of sp³-hybridized carbons (Fsp3) is 0.118. The van der Waals surface area contributed by atoms with Gasteiger partial charge in [0.1, 0.15) is 6.07 Å². The Morgan fingerprint density at radius 3 is 2.05 bits per heavy atom. The smallest absolute Gasteiger partial charge is 0.102 e. The number of nitrogens with zero attached hydrogens (tertiary/aromatic N) is 1. The summed E-state index contributed by atoms with van der Waals surface area (Å²) < 4.78 is 0. The van der Waals surface area contributed by atoms with Crippen LogP contribution in [0, 0.1) is 25.2 Å². The van der Waals surface area contributed by atoms with E-state index in [9.17, 15) is 5.26 Å². The third-order valence-electron chi connectivity index (χ3n) is 2.98. The zero-order valence-electron chi connectivity index (χ0n) is 11.1. The Kier molecular flexibility index (Phi) is 3.68. The lowest BCUT2D eigenvalue weighted by atomic mass is 9.98. The summed E-state index contributed by atoms with van der Waals surface area (Å²) in [6, 6.07) is 17.8. The Labute approximate surface area is 113 Å². The number of aryl methyl sites for hydroxylation is 2. The maximum Gasteiger partial charge on any atom is 0.102 e. The van der Waals surface area contributed by atoms with Gasteiger partial charge in [-0.3, -0.25) is 0 Å². The minimum absolute atomic E-state index is 0.519. The first-order valence-electron chi connectivity index (χ1n) is 6.16. The quantitative estimate of drug-likeness (QED) is 0.651. The van der Waals surface area contributed by atoms with Crippen molar-refractivity contribution in [2.45, 2.75) is 13.8 Å². The molecule has 0 saturated carbocycles. The van der Waals surface area contributed by atoms with Gasteiger partial charge in [0.25, 0.3) is 0 Å². The average molecular weight is 248 g/mol. The van der Waals surface area contributed by atoms with E-state index in [2.05, 4.69) is 12.1 Å². The van der Waals surface area contributed by atoms with Crippen molar-refractivity contribution < 1.29 is 0 Å². The van der Waals surface area contributed by atoms with Crippen LogP contribution < -0.4 is 5.73 Å². The van der Waals surface area contributed by atoms with Crippen LogP contribution in [0.1, 0.15) is 22.3 Å². The molecule has 0 aromatic heterocycles. The van der Waals surface area contributed by atoms with Gasteiger partial charge < -0.3 is 5.73 Å². The average Bonchev–Trinajstić information content (AvgIpc) is 2.39. The predicted molar refractivity (Wildman–Crippen MR) is 79.0 cm³/mol. The molecule has 2 N–H and O–H groups in total. The van der Waals surface area contributed by atoms with Crippen LogP contribution in [0.2, 0.25) is 0 Å². The highest BCUT2D eigenvalue weighted by Crippen LogP contribution is 2.23. The van der Waals surface area contributed by atoms with Crippen LogP contribution in [-0.4, -0.2) is 0 Å². The van der Waals surface area contributed by atoms with E-state index in [1.807, 2.05) is 56.3 Å². The first-order chi connectivity index (χ1) is 9.11. The summed E-state index contributed by atoms with van der Waals surface area (Å²) in [7, 11) is 0. The summed E-state index contributed by atoms with van der Waals surface area (Å²) in [6.45, 7) is 4.05. The number of nitrogens with two attached hydrogens (primary N) is 1. The van der Waals surface area contributed by atoms with E-state index in [0.717, 1.165) is 22.3 Å². The molecule has 2 heteroatoms. The molecular formula is C17H16N2. The summed E-state index contributed by atoms with van der Waals surface area (Å²) in [5.41, 5.74) is 11.3. The second-order valence-electron chi connectivity index (χ2n) is 4.64. The van der Waals surface area contributed by atoms with Crippen LogP contribution in [0.3, 0.4) is 0 Å². The SMILES string of the molecule is Cc1cc(C)cc(/C(N)=C(/C#N)c2ccccc2)c1. The molecule has 0 atom stereocenters. The molecule has 94 valence electrons. The molecule has 0 amide bonds. The highest BCUT2D eigenvalue weighted by molar-refractivity contribution is 5.96. The van der Waals surface area contributed by atoms with Gasteiger partial charge >= 0.3 is 0 Å². The van der Waals surface area contributed by atoms with E-state index in [-0.39, 0.29) is 0 Å². The Hall–Kier alpha value is -2.53. The lowest BCUT2D eigenvalue weighted by Gasteiger charge is -2.08. The van der Waals surface area contributed by atoms with Crippen LogP contribution in [-0.2, 0) is 0 Å². The van der Waals surface area contributed by atoms with E-state index in [0.29, 0.717) is 11.3 Å². The van der Waals surface area contributed by atoms with Crippen LogP contribution in [0.15, 0.2) is 48.5 Å². The Morgan fingerprint density at radius 2 is 1.53 bits per heavy atom. The number of rotatable bonds is 2. The topological polar surface area (TPSA) is 49.8 Å². The van der Waals surface area contributed by atoms with Crippen molar-refractivity contribution in [1.29, 1.82) is 5.26 Å². The molecule has 0 aliphatic heterocycles. The van der Waals surface area contributed by atoms with Crippen molar-refractivity contribution in [2.24, 2.45) is 5.73 Å². The summed E-state index contributed by atoms with van der Waals surface area (Å²) in [4.78, 5) is 0. The molecule has 0 radical (unpaired) electrons. The second-order valence-corrected chi connectivity index (χ2v) is 4.64. The molecule has 0 saturated heterocycles. The molecule has 2 rings (SSSR count). The van der Waals surface area contributed by atoms with Gasteiger partial charge in [-0.05, 0) is 37.1 Å². The van der Waals surface area contributed by atoms with Gasteiger partial charge in [-0.1, -0.05) is 47.5 Å². The molecule has 0 aliphatic rings. The predicted octanol–water partition coefficient (Wildman–Crippen LogP) is 3.65. The number of hydrogen-bond acceptors (Lipinski definition) is 2. The van der Waals surface area contributed by atoms with Crippen LogP contribution in [0.25, 0.3) is 11.3 Å². The zero-order valence-corrected chi connectivity index (χ0v) is 11.1. The van der Waals surface area contributed by atoms with Crippen LogP contribution in [0.4, 0.5) is 0 Å². The molecule has 0 heterocycles. The van der Waals surface area contributed by atoms with Gasteiger partial charge in [-0.2, -0.15) is 5.26 Å². The van der Waals surface area contributed by atoms with Gasteiger partial charge in [0, 0.05) is 0 Å².